The summed E-state index contributed by atoms with van der Waals surface area (Å²) < 4.78 is 5.41. The Labute approximate surface area is 124 Å². The van der Waals surface area contributed by atoms with Gasteiger partial charge in [0.25, 0.3) is 0 Å². The molecule has 0 saturated heterocycles. The lowest BCUT2D eigenvalue weighted by molar-refractivity contribution is -0.123. The van der Waals surface area contributed by atoms with Crippen LogP contribution in [0.4, 0.5) is 0 Å². The van der Waals surface area contributed by atoms with Crippen LogP contribution in [-0.4, -0.2) is 18.2 Å². The van der Waals surface area contributed by atoms with Crippen molar-refractivity contribution in [1.82, 2.24) is 0 Å². The molecule has 0 fully saturated rings. The highest BCUT2D eigenvalue weighted by atomic mass is 16.5. The Morgan fingerprint density at radius 1 is 1.00 bits per heavy atom. The van der Waals surface area contributed by atoms with E-state index < -0.39 is 0 Å². The molecular formula is C17H18N2O2. The second kappa shape index (κ2) is 7.36. The van der Waals surface area contributed by atoms with Crippen molar-refractivity contribution in [3.8, 4) is 0 Å². The molecule has 3 N–H and O–H groups in total. The first-order valence-electron chi connectivity index (χ1n) is 6.72. The molecule has 4 heteroatoms. The first kappa shape index (κ1) is 14.9. The SMILES string of the molecule is N=C(N)c1ccc(CC(=O)COCc2ccccc2)cc1. The van der Waals surface area contributed by atoms with Crippen molar-refractivity contribution in [2.45, 2.75) is 13.0 Å². The van der Waals surface area contributed by atoms with Gasteiger partial charge in [0.2, 0.25) is 0 Å². The quantitative estimate of drug-likeness (QED) is 0.604. The highest BCUT2D eigenvalue weighted by Gasteiger charge is 2.05. The number of hydrogen-bond donors (Lipinski definition) is 2. The maximum atomic E-state index is 11.8. The van der Waals surface area contributed by atoms with Crippen LogP contribution in [0, 0.1) is 5.41 Å². The Kier molecular flexibility index (Phi) is 5.23. The van der Waals surface area contributed by atoms with Gasteiger partial charge in [0.1, 0.15) is 12.4 Å². The Bertz CT molecular complexity index is 606. The first-order valence-corrected chi connectivity index (χ1v) is 6.72. The summed E-state index contributed by atoms with van der Waals surface area (Å²) >= 11 is 0. The summed E-state index contributed by atoms with van der Waals surface area (Å²) in [5, 5.41) is 7.31. The zero-order valence-corrected chi connectivity index (χ0v) is 11.7. The van der Waals surface area contributed by atoms with Crippen LogP contribution in [0.3, 0.4) is 0 Å². The number of hydrogen-bond acceptors (Lipinski definition) is 3. The van der Waals surface area contributed by atoms with Crippen LogP contribution in [0.5, 0.6) is 0 Å². The highest BCUT2D eigenvalue weighted by molar-refractivity contribution is 5.95. The third-order valence-electron chi connectivity index (χ3n) is 3.04. The minimum Gasteiger partial charge on any atom is -0.384 e. The number of nitrogens with one attached hydrogen (secondary N) is 1. The van der Waals surface area contributed by atoms with Crippen molar-refractivity contribution in [2.75, 3.05) is 6.61 Å². The number of nitrogens with two attached hydrogens (primary N) is 1. The van der Waals surface area contributed by atoms with Crippen LogP contribution in [0.25, 0.3) is 0 Å². The molecule has 0 heterocycles. The molecule has 4 nitrogen and oxygen atoms in total. The molecule has 0 spiro atoms. The molecule has 0 unspecified atom stereocenters. The van der Waals surface area contributed by atoms with Crippen LogP contribution < -0.4 is 5.73 Å². The molecule has 21 heavy (non-hydrogen) atoms. The van der Waals surface area contributed by atoms with Crippen molar-refractivity contribution in [2.24, 2.45) is 5.73 Å². The van der Waals surface area contributed by atoms with Gasteiger partial charge in [-0.05, 0) is 11.1 Å². The number of ether oxygens (including phenoxy) is 1. The molecule has 0 aliphatic heterocycles. The van der Waals surface area contributed by atoms with Gasteiger partial charge < -0.3 is 10.5 Å². The van der Waals surface area contributed by atoms with Gasteiger partial charge in [-0.25, -0.2) is 0 Å². The van der Waals surface area contributed by atoms with E-state index in [1.165, 1.54) is 0 Å². The molecular weight excluding hydrogens is 264 g/mol. The van der Waals surface area contributed by atoms with Crippen LogP contribution >= 0.6 is 0 Å². The largest absolute Gasteiger partial charge is 0.384 e. The van der Waals surface area contributed by atoms with Gasteiger partial charge in [0.15, 0.2) is 5.78 Å². The number of ketones is 1. The highest BCUT2D eigenvalue weighted by Crippen LogP contribution is 2.06. The van der Waals surface area contributed by atoms with E-state index in [-0.39, 0.29) is 18.2 Å². The molecule has 2 rings (SSSR count). The molecule has 2 aromatic rings. The molecule has 0 amide bonds. The topological polar surface area (TPSA) is 76.2 Å². The smallest absolute Gasteiger partial charge is 0.162 e. The molecule has 0 saturated carbocycles. The van der Waals surface area contributed by atoms with E-state index in [4.69, 9.17) is 15.9 Å². The lowest BCUT2D eigenvalue weighted by Crippen LogP contribution is -2.13. The summed E-state index contributed by atoms with van der Waals surface area (Å²) in [6.07, 6.45) is 0.326. The minimum absolute atomic E-state index is 0.0269. The Morgan fingerprint density at radius 3 is 2.29 bits per heavy atom. The Balaban J connectivity index is 1.78. The van der Waals surface area contributed by atoms with Crippen LogP contribution in [-0.2, 0) is 22.6 Å². The average Bonchev–Trinajstić information content (AvgIpc) is 2.49. The first-order chi connectivity index (χ1) is 10.1. The summed E-state index contributed by atoms with van der Waals surface area (Å²) in [6, 6.07) is 16.9. The lowest BCUT2D eigenvalue weighted by Gasteiger charge is -2.05. The van der Waals surface area contributed by atoms with E-state index in [1.54, 1.807) is 12.1 Å². The van der Waals surface area contributed by atoms with E-state index in [1.807, 2.05) is 42.5 Å². The number of carbonyl (C=O) groups is 1. The van der Waals surface area contributed by atoms with E-state index in [9.17, 15) is 4.79 Å². The van der Waals surface area contributed by atoms with E-state index in [0.717, 1.165) is 11.1 Å². The van der Waals surface area contributed by atoms with Crippen LogP contribution in [0.2, 0.25) is 0 Å². The van der Waals surface area contributed by atoms with Gasteiger partial charge >= 0.3 is 0 Å². The monoisotopic (exact) mass is 282 g/mol. The van der Waals surface area contributed by atoms with E-state index in [0.29, 0.717) is 18.6 Å². The summed E-state index contributed by atoms with van der Waals surface area (Å²) in [4.78, 5) is 11.8. The summed E-state index contributed by atoms with van der Waals surface area (Å²) in [6.45, 7) is 0.541. The van der Waals surface area contributed by atoms with Gasteiger partial charge in [-0.15, -0.1) is 0 Å². The standard InChI is InChI=1S/C17H18N2O2/c18-17(19)15-8-6-13(7-9-15)10-16(20)12-21-11-14-4-2-1-3-5-14/h1-9H,10-12H2,(H3,18,19). The third kappa shape index (κ3) is 4.85. The fraction of sp³-hybridized carbons (Fsp3) is 0.176. The van der Waals surface area contributed by atoms with Crippen molar-refractivity contribution in [1.29, 1.82) is 5.41 Å². The fourth-order valence-electron chi connectivity index (χ4n) is 1.94. The normalized spacial score (nSPS) is 10.3. The number of carbonyl (C=O) groups excluding carboxylic acids is 1. The molecule has 0 aliphatic carbocycles. The maximum absolute atomic E-state index is 11.8. The zero-order valence-electron chi connectivity index (χ0n) is 11.7. The number of benzene rings is 2. The average molecular weight is 282 g/mol. The molecule has 2 aromatic carbocycles. The molecule has 0 bridgehead atoms. The third-order valence-corrected chi connectivity index (χ3v) is 3.04. The maximum Gasteiger partial charge on any atom is 0.162 e. The summed E-state index contributed by atoms with van der Waals surface area (Å²) in [5.41, 5.74) is 7.99. The van der Waals surface area contributed by atoms with Gasteiger partial charge in [-0.3, -0.25) is 10.2 Å². The lowest BCUT2D eigenvalue weighted by atomic mass is 10.1. The predicted octanol–water partition coefficient (Wildman–Crippen LogP) is 2.30. The van der Waals surface area contributed by atoms with Crippen molar-refractivity contribution >= 4 is 11.6 Å². The summed E-state index contributed by atoms with van der Waals surface area (Å²) in [7, 11) is 0. The van der Waals surface area contributed by atoms with Crippen molar-refractivity contribution < 1.29 is 9.53 Å². The number of rotatable bonds is 7. The van der Waals surface area contributed by atoms with E-state index >= 15 is 0 Å². The second-order valence-electron chi connectivity index (χ2n) is 4.80. The number of Topliss-reactive ketones (excluding diaryl/α,β-unsaturated/α-hetero) is 1. The van der Waals surface area contributed by atoms with E-state index in [2.05, 4.69) is 0 Å². The summed E-state index contributed by atoms with van der Waals surface area (Å²) in [5.74, 6) is 0.0561. The number of nitrogen functional groups attached to an aromatic ring is 1. The molecule has 108 valence electrons. The van der Waals surface area contributed by atoms with Gasteiger partial charge in [0, 0.05) is 12.0 Å². The Morgan fingerprint density at radius 2 is 1.67 bits per heavy atom. The zero-order chi connectivity index (χ0) is 15.1. The number of amidine groups is 1. The van der Waals surface area contributed by atoms with Gasteiger partial charge in [0.05, 0.1) is 6.61 Å². The molecule has 0 atom stereocenters. The van der Waals surface area contributed by atoms with Gasteiger partial charge in [-0.2, -0.15) is 0 Å². The van der Waals surface area contributed by atoms with Crippen molar-refractivity contribution in [3.63, 3.8) is 0 Å². The van der Waals surface area contributed by atoms with Gasteiger partial charge in [-0.1, -0.05) is 54.6 Å². The van der Waals surface area contributed by atoms with Crippen LogP contribution in [0.15, 0.2) is 54.6 Å². The molecule has 0 aromatic heterocycles. The minimum atomic E-state index is 0.0269. The second-order valence-corrected chi connectivity index (χ2v) is 4.80. The Hall–Kier alpha value is -2.46. The molecule has 0 radical (unpaired) electrons. The predicted molar refractivity (Wildman–Crippen MR) is 82.3 cm³/mol. The fourth-order valence-corrected chi connectivity index (χ4v) is 1.94. The van der Waals surface area contributed by atoms with Crippen molar-refractivity contribution in [3.05, 3.63) is 71.3 Å². The molecule has 0 aliphatic rings. The van der Waals surface area contributed by atoms with Crippen LogP contribution in [0.1, 0.15) is 16.7 Å².